The van der Waals surface area contributed by atoms with Gasteiger partial charge in [-0.3, -0.25) is 0 Å². The summed E-state index contributed by atoms with van der Waals surface area (Å²) in [5.41, 5.74) is 6.40. The van der Waals surface area contributed by atoms with Crippen molar-refractivity contribution in [3.05, 3.63) is 41.7 Å². The SMILES string of the molecule is C[C@@H](C1CCOCC1)C1C2CC(N)CC2CN1c1ccc(-c2ccc(F)c(F)c2F)nn1. The van der Waals surface area contributed by atoms with Crippen molar-refractivity contribution >= 4 is 5.82 Å². The van der Waals surface area contributed by atoms with E-state index >= 15 is 0 Å². The van der Waals surface area contributed by atoms with Crippen LogP contribution in [0.3, 0.4) is 0 Å². The lowest BCUT2D eigenvalue weighted by atomic mass is 9.76. The molecule has 1 aromatic carbocycles. The van der Waals surface area contributed by atoms with E-state index in [-0.39, 0.29) is 17.3 Å². The van der Waals surface area contributed by atoms with Crippen molar-refractivity contribution < 1.29 is 17.9 Å². The number of nitrogens with two attached hydrogens (primary N) is 1. The average molecular weight is 447 g/mol. The molecule has 2 saturated heterocycles. The van der Waals surface area contributed by atoms with Crippen LogP contribution in [-0.2, 0) is 4.74 Å². The van der Waals surface area contributed by atoms with Gasteiger partial charge in [-0.15, -0.1) is 10.2 Å². The van der Waals surface area contributed by atoms with Crippen molar-refractivity contribution in [2.24, 2.45) is 29.4 Å². The first-order chi connectivity index (χ1) is 15.4. The van der Waals surface area contributed by atoms with Crippen molar-refractivity contribution in [3.63, 3.8) is 0 Å². The Morgan fingerprint density at radius 1 is 1.03 bits per heavy atom. The predicted octanol–water partition coefficient (Wildman–Crippen LogP) is 4.17. The lowest BCUT2D eigenvalue weighted by Crippen LogP contribution is -2.43. The summed E-state index contributed by atoms with van der Waals surface area (Å²) in [5.74, 6) is -1.12. The van der Waals surface area contributed by atoms with Crippen LogP contribution in [0.5, 0.6) is 0 Å². The molecule has 0 radical (unpaired) electrons. The molecule has 1 saturated carbocycles. The topological polar surface area (TPSA) is 64.3 Å². The Bertz CT molecular complexity index is 966. The van der Waals surface area contributed by atoms with Gasteiger partial charge in [0.15, 0.2) is 23.3 Å². The molecule has 2 aliphatic heterocycles. The van der Waals surface area contributed by atoms with E-state index in [0.717, 1.165) is 57.3 Å². The van der Waals surface area contributed by atoms with Gasteiger partial charge in [0.2, 0.25) is 0 Å². The van der Waals surface area contributed by atoms with Crippen molar-refractivity contribution in [2.75, 3.05) is 24.7 Å². The largest absolute Gasteiger partial charge is 0.381 e. The van der Waals surface area contributed by atoms with Gasteiger partial charge in [-0.05, 0) is 73.6 Å². The Kier molecular flexibility index (Phi) is 5.84. The number of hydrogen-bond donors (Lipinski definition) is 1. The van der Waals surface area contributed by atoms with Gasteiger partial charge in [0.25, 0.3) is 0 Å². The van der Waals surface area contributed by atoms with Gasteiger partial charge in [-0.25, -0.2) is 13.2 Å². The average Bonchev–Trinajstić information content (AvgIpc) is 3.34. The van der Waals surface area contributed by atoms with E-state index < -0.39 is 17.5 Å². The minimum Gasteiger partial charge on any atom is -0.381 e. The first-order valence-electron chi connectivity index (χ1n) is 11.5. The first-order valence-corrected chi connectivity index (χ1v) is 11.5. The lowest BCUT2D eigenvalue weighted by molar-refractivity contribution is 0.0418. The Morgan fingerprint density at radius 2 is 1.81 bits per heavy atom. The zero-order valence-corrected chi connectivity index (χ0v) is 18.2. The number of ether oxygens (including phenoxy) is 1. The molecule has 0 amide bonds. The van der Waals surface area contributed by atoms with Crippen LogP contribution in [-0.4, -0.2) is 42.0 Å². The van der Waals surface area contributed by atoms with Gasteiger partial charge in [0, 0.05) is 37.4 Å². The Hall–Kier alpha value is -2.19. The molecule has 5 rings (SSSR count). The molecule has 5 atom stereocenters. The Morgan fingerprint density at radius 3 is 2.53 bits per heavy atom. The normalized spacial score (nSPS) is 29.3. The summed E-state index contributed by atoms with van der Waals surface area (Å²) in [6, 6.07) is 6.11. The molecule has 1 aliphatic carbocycles. The third kappa shape index (κ3) is 3.77. The highest BCUT2D eigenvalue weighted by Gasteiger charge is 2.50. The summed E-state index contributed by atoms with van der Waals surface area (Å²) in [7, 11) is 0. The highest BCUT2D eigenvalue weighted by Crippen LogP contribution is 2.47. The number of halogens is 3. The van der Waals surface area contributed by atoms with Gasteiger partial charge in [-0.1, -0.05) is 6.92 Å². The van der Waals surface area contributed by atoms with E-state index in [2.05, 4.69) is 22.0 Å². The van der Waals surface area contributed by atoms with Gasteiger partial charge in [0.1, 0.15) is 0 Å². The maximum atomic E-state index is 14.2. The summed E-state index contributed by atoms with van der Waals surface area (Å²) in [4.78, 5) is 2.35. The maximum Gasteiger partial charge on any atom is 0.195 e. The van der Waals surface area contributed by atoms with E-state index in [0.29, 0.717) is 29.7 Å². The van der Waals surface area contributed by atoms with Crippen LogP contribution in [0.15, 0.2) is 24.3 Å². The fraction of sp³-hybridized carbons (Fsp3) is 0.583. The minimum atomic E-state index is -1.50. The van der Waals surface area contributed by atoms with E-state index in [1.165, 1.54) is 6.07 Å². The number of fused-ring (bicyclic) bond motifs is 1. The predicted molar refractivity (Wildman–Crippen MR) is 115 cm³/mol. The monoisotopic (exact) mass is 446 g/mol. The fourth-order valence-electron chi connectivity index (χ4n) is 6.22. The zero-order valence-electron chi connectivity index (χ0n) is 18.2. The third-order valence-electron chi connectivity index (χ3n) is 7.82. The summed E-state index contributed by atoms with van der Waals surface area (Å²) >= 11 is 0. The molecule has 0 bridgehead atoms. The summed E-state index contributed by atoms with van der Waals surface area (Å²) < 4.78 is 46.7. The fourth-order valence-corrected chi connectivity index (χ4v) is 6.22. The van der Waals surface area contributed by atoms with Gasteiger partial charge in [-0.2, -0.15) is 0 Å². The molecule has 172 valence electrons. The van der Waals surface area contributed by atoms with Crippen LogP contribution in [0, 0.1) is 41.1 Å². The van der Waals surface area contributed by atoms with E-state index in [4.69, 9.17) is 10.5 Å². The third-order valence-corrected chi connectivity index (χ3v) is 7.82. The smallest absolute Gasteiger partial charge is 0.195 e. The number of hydrogen-bond acceptors (Lipinski definition) is 5. The zero-order chi connectivity index (χ0) is 22.4. The van der Waals surface area contributed by atoms with Crippen LogP contribution in [0.4, 0.5) is 19.0 Å². The number of anilines is 1. The summed E-state index contributed by atoms with van der Waals surface area (Å²) in [6.45, 7) is 4.83. The van der Waals surface area contributed by atoms with Crippen LogP contribution < -0.4 is 10.6 Å². The van der Waals surface area contributed by atoms with Crippen LogP contribution in [0.1, 0.15) is 32.6 Å². The second-order valence-electron chi connectivity index (χ2n) is 9.61. The maximum absolute atomic E-state index is 14.2. The van der Waals surface area contributed by atoms with Crippen LogP contribution in [0.2, 0.25) is 0 Å². The number of nitrogens with zero attached hydrogens (tertiary/aromatic N) is 3. The van der Waals surface area contributed by atoms with Gasteiger partial charge in [0.05, 0.1) is 5.69 Å². The molecule has 2 N–H and O–H groups in total. The first kappa shape index (κ1) is 21.6. The molecule has 5 nitrogen and oxygen atoms in total. The van der Waals surface area contributed by atoms with Crippen molar-refractivity contribution in [2.45, 2.75) is 44.7 Å². The lowest BCUT2D eigenvalue weighted by Gasteiger charge is -2.39. The van der Waals surface area contributed by atoms with E-state index in [1.54, 1.807) is 6.07 Å². The van der Waals surface area contributed by atoms with Crippen molar-refractivity contribution in [1.82, 2.24) is 10.2 Å². The number of aromatic nitrogens is 2. The second-order valence-corrected chi connectivity index (χ2v) is 9.61. The van der Waals surface area contributed by atoms with Crippen molar-refractivity contribution in [1.29, 1.82) is 0 Å². The molecule has 3 aliphatic rings. The van der Waals surface area contributed by atoms with Crippen molar-refractivity contribution in [3.8, 4) is 11.3 Å². The highest BCUT2D eigenvalue weighted by atomic mass is 19.2. The van der Waals surface area contributed by atoms with Gasteiger partial charge >= 0.3 is 0 Å². The molecule has 32 heavy (non-hydrogen) atoms. The standard InChI is InChI=1S/C24H29F3N4O/c1-13(14-6-8-32-9-7-14)24-18-11-16(28)10-15(18)12-31(24)21-5-4-20(29-30-21)17-2-3-19(25)23(27)22(17)26/h2-5,13-16,18,24H,6-12,28H2,1H3/t13-,15?,16?,18?,24?/m0/s1. The quantitative estimate of drug-likeness (QED) is 0.715. The molecule has 3 fully saturated rings. The molecule has 4 unspecified atom stereocenters. The van der Waals surface area contributed by atoms with Crippen LogP contribution in [0.25, 0.3) is 11.3 Å². The molecule has 0 spiro atoms. The molecule has 3 heterocycles. The molecular weight excluding hydrogens is 417 g/mol. The van der Waals surface area contributed by atoms with E-state index in [1.807, 2.05) is 6.07 Å². The second kappa shape index (κ2) is 8.63. The Labute approximate surface area is 186 Å². The minimum absolute atomic E-state index is 0.0978. The number of rotatable bonds is 4. The molecule has 8 heteroatoms. The highest BCUT2D eigenvalue weighted by molar-refractivity contribution is 5.61. The Balaban J connectivity index is 1.43. The van der Waals surface area contributed by atoms with Gasteiger partial charge < -0.3 is 15.4 Å². The molecule has 2 aromatic rings. The summed E-state index contributed by atoms with van der Waals surface area (Å²) in [6.07, 6.45) is 4.17. The van der Waals surface area contributed by atoms with E-state index in [9.17, 15) is 13.2 Å². The molecule has 1 aromatic heterocycles. The number of benzene rings is 1. The van der Waals surface area contributed by atoms with Crippen LogP contribution >= 0.6 is 0 Å². The summed E-state index contributed by atoms with van der Waals surface area (Å²) in [5, 5.41) is 8.57. The molecular formula is C24H29F3N4O.